The van der Waals surface area contributed by atoms with Crippen LogP contribution in [0.2, 0.25) is 0 Å². The van der Waals surface area contributed by atoms with Gasteiger partial charge in [0.05, 0.1) is 11.1 Å². The monoisotopic (exact) mass is 334 g/mol. The number of carboxylic acids is 2. The van der Waals surface area contributed by atoms with E-state index in [9.17, 15) is 9.59 Å². The molecule has 114 valence electrons. The molecule has 22 heavy (non-hydrogen) atoms. The average molecular weight is 334 g/mol. The zero-order valence-corrected chi connectivity index (χ0v) is 13.2. The van der Waals surface area contributed by atoms with Crippen molar-refractivity contribution < 1.29 is 19.8 Å². The molecule has 0 bridgehead atoms. The lowest BCUT2D eigenvalue weighted by atomic mass is 10.1. The van der Waals surface area contributed by atoms with E-state index >= 15 is 0 Å². The van der Waals surface area contributed by atoms with Gasteiger partial charge in [0.1, 0.15) is 0 Å². The summed E-state index contributed by atoms with van der Waals surface area (Å²) in [5, 5.41) is 17.6. The first-order chi connectivity index (χ1) is 10.6. The second-order valence-electron chi connectivity index (χ2n) is 4.53. The van der Waals surface area contributed by atoms with E-state index in [0.717, 1.165) is 22.6 Å². The molecule has 6 heteroatoms. The summed E-state index contributed by atoms with van der Waals surface area (Å²) in [6.07, 6.45) is 0. The van der Waals surface area contributed by atoms with Crippen LogP contribution in [0.25, 0.3) is 0 Å². The Kier molecular flexibility index (Phi) is 5.91. The van der Waals surface area contributed by atoms with Crippen molar-refractivity contribution in [3.05, 3.63) is 70.8 Å². The van der Waals surface area contributed by atoms with Gasteiger partial charge < -0.3 is 10.2 Å². The highest BCUT2D eigenvalue weighted by atomic mass is 33.1. The maximum atomic E-state index is 10.7. The van der Waals surface area contributed by atoms with Crippen LogP contribution < -0.4 is 0 Å². The van der Waals surface area contributed by atoms with Crippen molar-refractivity contribution in [1.82, 2.24) is 0 Å². The molecule has 0 aliphatic carbocycles. The highest BCUT2D eigenvalue weighted by Crippen LogP contribution is 2.29. The first-order valence-corrected chi connectivity index (χ1v) is 8.94. The summed E-state index contributed by atoms with van der Waals surface area (Å²) in [7, 11) is 3.36. The minimum atomic E-state index is -0.918. The van der Waals surface area contributed by atoms with Crippen LogP contribution in [0.1, 0.15) is 31.8 Å². The second-order valence-corrected chi connectivity index (χ2v) is 6.99. The molecular weight excluding hydrogens is 320 g/mol. The van der Waals surface area contributed by atoms with E-state index in [2.05, 4.69) is 0 Å². The molecule has 4 nitrogen and oxygen atoms in total. The number of aromatic carboxylic acids is 2. The lowest BCUT2D eigenvalue weighted by Crippen LogP contribution is -1.95. The Morgan fingerprint density at radius 2 is 1.00 bits per heavy atom. The minimum absolute atomic E-state index is 0.292. The number of carboxylic acid groups (broad SMARTS) is 2. The van der Waals surface area contributed by atoms with Crippen LogP contribution in [0.15, 0.2) is 48.5 Å². The molecule has 0 spiro atoms. The summed E-state index contributed by atoms with van der Waals surface area (Å²) in [5.41, 5.74) is 2.73. The number of hydrogen-bond acceptors (Lipinski definition) is 4. The van der Waals surface area contributed by atoms with Crippen LogP contribution in [0.3, 0.4) is 0 Å². The van der Waals surface area contributed by atoms with Gasteiger partial charge in [-0.05, 0) is 35.4 Å². The van der Waals surface area contributed by atoms with Crippen LogP contribution >= 0.6 is 21.6 Å². The van der Waals surface area contributed by atoms with Crippen LogP contribution in [0.5, 0.6) is 0 Å². The van der Waals surface area contributed by atoms with E-state index in [-0.39, 0.29) is 0 Å². The van der Waals surface area contributed by atoms with Gasteiger partial charge in [-0.1, -0.05) is 45.9 Å². The summed E-state index contributed by atoms with van der Waals surface area (Å²) >= 11 is 0. The lowest BCUT2D eigenvalue weighted by molar-refractivity contribution is 0.0686. The molecule has 0 radical (unpaired) electrons. The van der Waals surface area contributed by atoms with E-state index in [4.69, 9.17) is 10.2 Å². The van der Waals surface area contributed by atoms with Crippen molar-refractivity contribution in [2.24, 2.45) is 0 Å². The van der Waals surface area contributed by atoms with Crippen molar-refractivity contribution >= 4 is 33.5 Å². The third-order valence-electron chi connectivity index (χ3n) is 2.94. The zero-order valence-electron chi connectivity index (χ0n) is 11.6. The van der Waals surface area contributed by atoms with Crippen molar-refractivity contribution in [3.63, 3.8) is 0 Å². The Balaban J connectivity index is 1.77. The molecule has 0 atom stereocenters. The maximum Gasteiger partial charge on any atom is 0.335 e. The fourth-order valence-electron chi connectivity index (χ4n) is 1.71. The molecule has 0 aromatic heterocycles. The molecule has 0 saturated heterocycles. The summed E-state index contributed by atoms with van der Waals surface area (Å²) in [5.74, 6) is -0.257. The van der Waals surface area contributed by atoms with Gasteiger partial charge in [-0.3, -0.25) is 0 Å². The Labute approximate surface area is 136 Å². The van der Waals surface area contributed by atoms with E-state index in [0.29, 0.717) is 11.1 Å². The number of rotatable bonds is 7. The average Bonchev–Trinajstić information content (AvgIpc) is 2.52. The fraction of sp³-hybridized carbons (Fsp3) is 0.125. The number of benzene rings is 2. The van der Waals surface area contributed by atoms with Gasteiger partial charge in [0.25, 0.3) is 0 Å². The van der Waals surface area contributed by atoms with Gasteiger partial charge in [0, 0.05) is 11.5 Å². The summed E-state index contributed by atoms with van der Waals surface area (Å²) in [4.78, 5) is 21.5. The van der Waals surface area contributed by atoms with Crippen LogP contribution in [0, 0.1) is 0 Å². The van der Waals surface area contributed by atoms with Gasteiger partial charge in [-0.25, -0.2) is 9.59 Å². The molecule has 0 aliphatic rings. The first-order valence-electron chi connectivity index (χ1n) is 6.45. The Bertz CT molecular complexity index is 591. The minimum Gasteiger partial charge on any atom is -0.478 e. The van der Waals surface area contributed by atoms with Gasteiger partial charge >= 0.3 is 11.9 Å². The molecule has 2 aromatic carbocycles. The Hall–Kier alpha value is -1.92. The predicted molar refractivity (Wildman–Crippen MR) is 89.4 cm³/mol. The topological polar surface area (TPSA) is 74.6 Å². The molecule has 0 unspecified atom stereocenters. The Morgan fingerprint density at radius 3 is 1.27 bits per heavy atom. The van der Waals surface area contributed by atoms with E-state index in [1.54, 1.807) is 45.9 Å². The maximum absolute atomic E-state index is 10.7. The van der Waals surface area contributed by atoms with Crippen molar-refractivity contribution in [1.29, 1.82) is 0 Å². The quantitative estimate of drug-likeness (QED) is 0.585. The lowest BCUT2D eigenvalue weighted by Gasteiger charge is -2.03. The molecule has 2 rings (SSSR count). The summed E-state index contributed by atoms with van der Waals surface area (Å²) in [6, 6.07) is 13.7. The molecule has 0 aliphatic heterocycles. The molecular formula is C16H14O4S2. The van der Waals surface area contributed by atoms with Crippen molar-refractivity contribution in [3.8, 4) is 0 Å². The highest BCUT2D eigenvalue weighted by molar-refractivity contribution is 8.76. The van der Waals surface area contributed by atoms with Gasteiger partial charge in [-0.15, -0.1) is 0 Å². The van der Waals surface area contributed by atoms with Gasteiger partial charge in [-0.2, -0.15) is 0 Å². The van der Waals surface area contributed by atoms with E-state index in [1.165, 1.54) is 0 Å². The second kappa shape index (κ2) is 7.91. The van der Waals surface area contributed by atoms with E-state index < -0.39 is 11.9 Å². The smallest absolute Gasteiger partial charge is 0.335 e. The van der Waals surface area contributed by atoms with Crippen LogP contribution in [-0.4, -0.2) is 22.2 Å². The molecule has 0 saturated carbocycles. The van der Waals surface area contributed by atoms with Crippen molar-refractivity contribution in [2.45, 2.75) is 11.5 Å². The largest absolute Gasteiger partial charge is 0.478 e. The third-order valence-corrected chi connectivity index (χ3v) is 5.21. The predicted octanol–water partition coefficient (Wildman–Crippen LogP) is 4.16. The zero-order chi connectivity index (χ0) is 15.9. The SMILES string of the molecule is O=C(O)c1ccc(CSSCc2ccc(C(=O)O)cc2)cc1. The van der Waals surface area contributed by atoms with Gasteiger partial charge in [0.15, 0.2) is 0 Å². The Morgan fingerprint density at radius 1 is 0.682 bits per heavy atom. The molecule has 2 N–H and O–H groups in total. The first kappa shape index (κ1) is 16.5. The highest BCUT2D eigenvalue weighted by Gasteiger charge is 2.03. The molecule has 0 fully saturated rings. The normalized spacial score (nSPS) is 10.4. The number of carbonyl (C=O) groups is 2. The molecule has 0 amide bonds. The fourth-order valence-corrected chi connectivity index (χ4v) is 3.85. The van der Waals surface area contributed by atoms with E-state index in [1.807, 2.05) is 24.3 Å². The van der Waals surface area contributed by atoms with Crippen molar-refractivity contribution in [2.75, 3.05) is 0 Å². The number of hydrogen-bond donors (Lipinski definition) is 2. The molecule has 0 heterocycles. The summed E-state index contributed by atoms with van der Waals surface area (Å²) < 4.78 is 0. The van der Waals surface area contributed by atoms with Gasteiger partial charge in [0.2, 0.25) is 0 Å². The van der Waals surface area contributed by atoms with Crippen LogP contribution in [-0.2, 0) is 11.5 Å². The third kappa shape index (κ3) is 4.82. The van der Waals surface area contributed by atoms with Crippen LogP contribution in [0.4, 0.5) is 0 Å². The molecule has 2 aromatic rings. The summed E-state index contributed by atoms with van der Waals surface area (Å²) in [6.45, 7) is 0. The standard InChI is InChI=1S/C16H14O4S2/c17-15(18)13-5-1-11(2-6-13)9-21-22-10-12-3-7-14(8-4-12)16(19)20/h1-8H,9-10H2,(H,17,18)(H,19,20).